The van der Waals surface area contributed by atoms with Gasteiger partial charge in [0.15, 0.2) is 5.13 Å². The maximum absolute atomic E-state index is 13.0. The van der Waals surface area contributed by atoms with Gasteiger partial charge in [-0.1, -0.05) is 16.9 Å². The van der Waals surface area contributed by atoms with Crippen LogP contribution in [0.4, 0.5) is 5.13 Å². The number of oxime groups is 1. The Morgan fingerprint density at radius 3 is 2.86 bits per heavy atom. The zero-order valence-corrected chi connectivity index (χ0v) is 21.6. The van der Waals surface area contributed by atoms with Gasteiger partial charge in [0, 0.05) is 57.5 Å². The molecule has 0 aromatic carbocycles. The molecule has 1 saturated heterocycles. The second kappa shape index (κ2) is 11.5. The Kier molecular flexibility index (Phi) is 8.35. The summed E-state index contributed by atoms with van der Waals surface area (Å²) in [6.45, 7) is 0.550. The molecule has 7 N–H and O–H groups in total. The number of hydrogen-bond acceptors (Lipinski definition) is 14. The van der Waals surface area contributed by atoms with Gasteiger partial charge in [-0.15, -0.1) is 11.8 Å². The van der Waals surface area contributed by atoms with Gasteiger partial charge in [-0.25, -0.2) is 4.79 Å². The molecule has 0 aliphatic carbocycles. The predicted octanol–water partition coefficient (Wildman–Crippen LogP) is 0.374. The van der Waals surface area contributed by atoms with Crippen LogP contribution in [-0.2, 0) is 20.1 Å². The fourth-order valence-corrected chi connectivity index (χ4v) is 7.28. The van der Waals surface area contributed by atoms with Crippen LogP contribution in [0.2, 0.25) is 0 Å². The van der Waals surface area contributed by atoms with Crippen molar-refractivity contribution in [3.8, 4) is 0 Å². The number of rotatable bonds is 10. The number of anilines is 1. The molecule has 0 saturated carbocycles. The number of aromatic nitrogens is 3. The van der Waals surface area contributed by atoms with Gasteiger partial charge in [-0.05, 0) is 11.6 Å². The van der Waals surface area contributed by atoms with Gasteiger partial charge in [-0.2, -0.15) is 21.1 Å². The third-order valence-electron chi connectivity index (χ3n) is 5.00. The number of carboxylic acids is 1. The topological polar surface area (TPSA) is 210 Å². The highest BCUT2D eigenvalue weighted by atomic mass is 32.2. The van der Waals surface area contributed by atoms with Gasteiger partial charge < -0.3 is 27.1 Å². The SMILES string of the molecule is NCCSCc1cnccc1SC1=C(C(=O)O)N2C(=O)[C@@H](NC(=O)/C(=N/O)c3nsc(N)n3)C2SC1. The lowest BCUT2D eigenvalue weighted by Gasteiger charge is -2.49. The number of nitrogens with zero attached hydrogens (tertiary/aromatic N) is 5. The monoisotopic (exact) mass is 568 g/mol. The summed E-state index contributed by atoms with van der Waals surface area (Å²) in [4.78, 5) is 48.3. The average Bonchev–Trinajstić information content (AvgIpc) is 3.29. The molecule has 4 rings (SSSR count). The molecule has 190 valence electrons. The zero-order valence-electron chi connectivity index (χ0n) is 18.4. The summed E-state index contributed by atoms with van der Waals surface area (Å²) in [6.07, 6.45) is 3.36. The first-order valence-corrected chi connectivity index (χ1v) is 14.1. The van der Waals surface area contributed by atoms with Gasteiger partial charge in [0.25, 0.3) is 11.8 Å². The van der Waals surface area contributed by atoms with Crippen LogP contribution >= 0.6 is 46.8 Å². The lowest BCUT2D eigenvalue weighted by Crippen LogP contribution is -2.71. The van der Waals surface area contributed by atoms with Crippen LogP contribution < -0.4 is 16.8 Å². The Bertz CT molecular complexity index is 1250. The summed E-state index contributed by atoms with van der Waals surface area (Å²) in [6, 6.07) is 0.794. The number of pyridine rings is 1. The largest absolute Gasteiger partial charge is 0.477 e. The van der Waals surface area contributed by atoms with E-state index in [-0.39, 0.29) is 16.7 Å². The van der Waals surface area contributed by atoms with Crippen molar-refractivity contribution in [2.24, 2.45) is 10.9 Å². The van der Waals surface area contributed by atoms with Gasteiger partial charge >= 0.3 is 5.97 Å². The van der Waals surface area contributed by atoms with Gasteiger partial charge in [0.05, 0.1) is 0 Å². The highest BCUT2D eigenvalue weighted by molar-refractivity contribution is 8.06. The van der Waals surface area contributed by atoms with E-state index in [2.05, 4.69) is 24.8 Å². The molecule has 0 radical (unpaired) electrons. The maximum Gasteiger partial charge on any atom is 0.353 e. The number of carbonyl (C=O) groups excluding carboxylic acids is 2. The summed E-state index contributed by atoms with van der Waals surface area (Å²) in [7, 11) is 0. The first-order chi connectivity index (χ1) is 17.3. The van der Waals surface area contributed by atoms with Crippen molar-refractivity contribution in [1.29, 1.82) is 0 Å². The molecule has 1 fully saturated rings. The van der Waals surface area contributed by atoms with Crippen molar-refractivity contribution in [1.82, 2.24) is 24.6 Å². The zero-order chi connectivity index (χ0) is 25.8. The third kappa shape index (κ3) is 5.29. The fourth-order valence-electron chi connectivity index (χ4n) is 3.42. The van der Waals surface area contributed by atoms with E-state index in [4.69, 9.17) is 11.5 Å². The molecule has 2 amide bonds. The van der Waals surface area contributed by atoms with Crippen molar-refractivity contribution >= 4 is 75.4 Å². The number of nitrogens with one attached hydrogen (secondary N) is 1. The summed E-state index contributed by atoms with van der Waals surface area (Å²) < 4.78 is 3.83. The number of hydrogen-bond donors (Lipinski definition) is 5. The van der Waals surface area contributed by atoms with E-state index in [1.807, 2.05) is 6.07 Å². The Morgan fingerprint density at radius 1 is 1.39 bits per heavy atom. The summed E-state index contributed by atoms with van der Waals surface area (Å²) in [5.74, 6) is -1.13. The third-order valence-corrected chi connectivity index (χ3v) is 9.25. The molecule has 17 heteroatoms. The molecule has 36 heavy (non-hydrogen) atoms. The number of nitrogens with two attached hydrogens (primary N) is 2. The number of carbonyl (C=O) groups is 3. The molecule has 0 spiro atoms. The first-order valence-electron chi connectivity index (χ1n) is 10.3. The molecule has 2 aromatic heterocycles. The number of thioether (sulfide) groups is 3. The maximum atomic E-state index is 13.0. The normalized spacial score (nSPS) is 19.6. The van der Waals surface area contributed by atoms with E-state index >= 15 is 0 Å². The number of β-lactam (4-membered cyclic amide) rings is 1. The van der Waals surface area contributed by atoms with Crippen LogP contribution in [0.25, 0.3) is 0 Å². The lowest BCUT2D eigenvalue weighted by atomic mass is 10.0. The second-order valence-corrected chi connectivity index (χ2v) is 11.4. The van der Waals surface area contributed by atoms with E-state index in [0.717, 1.165) is 27.7 Å². The van der Waals surface area contributed by atoms with Crippen molar-refractivity contribution in [2.75, 3.05) is 23.8 Å². The number of fused-ring (bicyclic) bond motifs is 1. The Hall–Kier alpha value is -2.86. The van der Waals surface area contributed by atoms with Crippen LogP contribution in [0.15, 0.2) is 39.1 Å². The highest BCUT2D eigenvalue weighted by Crippen LogP contribution is 2.45. The molecule has 4 heterocycles. The van der Waals surface area contributed by atoms with E-state index in [1.54, 1.807) is 24.2 Å². The summed E-state index contributed by atoms with van der Waals surface area (Å²) >= 11 is 5.07. The van der Waals surface area contributed by atoms with Crippen LogP contribution in [0.1, 0.15) is 11.4 Å². The predicted molar refractivity (Wildman–Crippen MR) is 138 cm³/mol. The van der Waals surface area contributed by atoms with Crippen LogP contribution in [0.3, 0.4) is 0 Å². The molecule has 2 aliphatic rings. The van der Waals surface area contributed by atoms with Crippen molar-refractivity contribution in [2.45, 2.75) is 22.1 Å². The molecule has 1 unspecified atom stereocenters. The van der Waals surface area contributed by atoms with Crippen LogP contribution in [-0.4, -0.2) is 82.5 Å². The minimum absolute atomic E-state index is 0.0734. The average molecular weight is 569 g/mol. The Balaban J connectivity index is 1.51. The molecule has 2 aromatic rings. The van der Waals surface area contributed by atoms with Crippen LogP contribution in [0.5, 0.6) is 0 Å². The Labute approximate surface area is 221 Å². The standard InChI is InChI=1S/C19H20N8O5S4/c20-2-4-33-6-8-5-22-3-1-9(8)35-10-7-34-17-12(16(29)27(17)13(10)18(30)31)23-15(28)11(25-32)14-24-19(21)36-26-14/h1,3,5,12,17,32H,2,4,6-7,20H2,(H,23,28)(H,30,31)(H2,21,24,26)/b25-11+/t12-,17?/m1/s1. The molecular formula is C19H20N8O5S4. The molecule has 13 nitrogen and oxygen atoms in total. The first kappa shape index (κ1) is 26.2. The number of nitrogen functional groups attached to an aromatic ring is 1. The molecular weight excluding hydrogens is 549 g/mol. The quantitative estimate of drug-likeness (QED) is 0.0863. The summed E-state index contributed by atoms with van der Waals surface area (Å²) in [5.41, 5.74) is 11.4. The van der Waals surface area contributed by atoms with E-state index in [1.165, 1.54) is 28.4 Å². The lowest BCUT2D eigenvalue weighted by molar-refractivity contribution is -0.150. The fraction of sp³-hybridized carbons (Fsp3) is 0.316. The van der Waals surface area contributed by atoms with E-state index in [0.29, 0.717) is 23.0 Å². The minimum atomic E-state index is -1.24. The summed E-state index contributed by atoms with van der Waals surface area (Å²) in [5, 5.41) is 24.0. The number of carboxylic acid groups (broad SMARTS) is 1. The smallest absolute Gasteiger partial charge is 0.353 e. The second-order valence-electron chi connectivity index (χ2n) is 7.27. The number of amides is 2. The van der Waals surface area contributed by atoms with E-state index in [9.17, 15) is 24.7 Å². The van der Waals surface area contributed by atoms with E-state index < -0.39 is 34.9 Å². The van der Waals surface area contributed by atoms with Crippen molar-refractivity contribution in [3.63, 3.8) is 0 Å². The molecule has 0 bridgehead atoms. The van der Waals surface area contributed by atoms with Crippen molar-refractivity contribution in [3.05, 3.63) is 40.5 Å². The minimum Gasteiger partial charge on any atom is -0.477 e. The highest BCUT2D eigenvalue weighted by Gasteiger charge is 2.54. The van der Waals surface area contributed by atoms with Crippen LogP contribution in [0, 0.1) is 0 Å². The van der Waals surface area contributed by atoms with Crippen molar-refractivity contribution < 1.29 is 24.7 Å². The van der Waals surface area contributed by atoms with Gasteiger partial charge in [0.2, 0.25) is 11.5 Å². The Morgan fingerprint density at radius 2 is 2.19 bits per heavy atom. The number of aliphatic carboxylic acids is 1. The molecule has 2 aliphatic heterocycles. The van der Waals surface area contributed by atoms with Gasteiger partial charge in [0.1, 0.15) is 17.1 Å². The van der Waals surface area contributed by atoms with Gasteiger partial charge in [-0.3, -0.25) is 19.5 Å². The molecule has 2 atom stereocenters.